The summed E-state index contributed by atoms with van der Waals surface area (Å²) in [5.74, 6) is 3.32. The van der Waals surface area contributed by atoms with Crippen molar-refractivity contribution in [2.45, 2.75) is 51.4 Å². The summed E-state index contributed by atoms with van der Waals surface area (Å²) in [6.07, 6.45) is 9.65. The van der Waals surface area contributed by atoms with Crippen molar-refractivity contribution in [2.24, 2.45) is 17.8 Å². The van der Waals surface area contributed by atoms with E-state index in [1.54, 1.807) is 7.11 Å². The second-order valence-electron chi connectivity index (χ2n) is 6.81. The van der Waals surface area contributed by atoms with Gasteiger partial charge in [-0.25, -0.2) is 0 Å². The molecule has 0 heterocycles. The van der Waals surface area contributed by atoms with E-state index in [2.05, 4.69) is 0 Å². The van der Waals surface area contributed by atoms with Crippen molar-refractivity contribution in [3.8, 4) is 5.75 Å². The third-order valence-electron chi connectivity index (χ3n) is 5.51. The first-order chi connectivity index (χ1) is 10.3. The molecule has 0 bridgehead atoms. The minimum Gasteiger partial charge on any atom is -0.497 e. The zero-order valence-electron chi connectivity index (χ0n) is 13.0. The van der Waals surface area contributed by atoms with E-state index in [0.29, 0.717) is 18.1 Å². The van der Waals surface area contributed by atoms with Gasteiger partial charge in [-0.1, -0.05) is 37.8 Å². The van der Waals surface area contributed by atoms with E-state index in [9.17, 15) is 4.79 Å². The first kappa shape index (κ1) is 14.6. The van der Waals surface area contributed by atoms with E-state index in [1.807, 2.05) is 24.3 Å². The van der Waals surface area contributed by atoms with Gasteiger partial charge in [-0.2, -0.15) is 0 Å². The highest BCUT2D eigenvalue weighted by Gasteiger charge is 2.34. The largest absolute Gasteiger partial charge is 0.497 e. The summed E-state index contributed by atoms with van der Waals surface area (Å²) in [6.45, 7) is 0. The average molecular weight is 286 g/mol. The second kappa shape index (κ2) is 6.64. The number of benzene rings is 1. The van der Waals surface area contributed by atoms with Gasteiger partial charge in [0.05, 0.1) is 7.11 Å². The van der Waals surface area contributed by atoms with Gasteiger partial charge in [0, 0.05) is 12.3 Å². The van der Waals surface area contributed by atoms with Crippen LogP contribution in [0.4, 0.5) is 0 Å². The van der Waals surface area contributed by atoms with Crippen molar-refractivity contribution in [1.82, 2.24) is 0 Å². The molecule has 0 amide bonds. The van der Waals surface area contributed by atoms with E-state index >= 15 is 0 Å². The Morgan fingerprint density at radius 2 is 1.95 bits per heavy atom. The van der Waals surface area contributed by atoms with Crippen LogP contribution in [0.1, 0.15) is 50.5 Å². The fourth-order valence-corrected chi connectivity index (χ4v) is 4.29. The molecule has 0 saturated heterocycles. The molecular formula is C19H26O2. The highest BCUT2D eigenvalue weighted by Crippen LogP contribution is 2.43. The van der Waals surface area contributed by atoms with Gasteiger partial charge >= 0.3 is 0 Å². The van der Waals surface area contributed by atoms with Crippen molar-refractivity contribution in [3.05, 3.63) is 29.8 Å². The maximum atomic E-state index is 12.6. The molecule has 3 unspecified atom stereocenters. The molecule has 2 aliphatic carbocycles. The van der Waals surface area contributed by atoms with Crippen molar-refractivity contribution in [3.63, 3.8) is 0 Å². The molecule has 2 fully saturated rings. The maximum absolute atomic E-state index is 12.6. The lowest BCUT2D eigenvalue weighted by Crippen LogP contribution is -2.31. The Balaban J connectivity index is 1.60. The lowest BCUT2D eigenvalue weighted by Gasteiger charge is -2.38. The van der Waals surface area contributed by atoms with Gasteiger partial charge in [0.2, 0.25) is 0 Å². The molecule has 3 rings (SSSR count). The summed E-state index contributed by atoms with van der Waals surface area (Å²) in [5.41, 5.74) is 1.09. The molecule has 3 atom stereocenters. The van der Waals surface area contributed by atoms with Gasteiger partial charge in [0.15, 0.2) is 0 Å². The predicted octanol–water partition coefficient (Wildman–Crippen LogP) is 4.41. The summed E-state index contributed by atoms with van der Waals surface area (Å²) >= 11 is 0. The van der Waals surface area contributed by atoms with Gasteiger partial charge in [-0.05, 0) is 48.8 Å². The summed E-state index contributed by atoms with van der Waals surface area (Å²) in [7, 11) is 1.67. The Morgan fingerprint density at radius 3 is 2.76 bits per heavy atom. The van der Waals surface area contributed by atoms with Crippen LogP contribution in [0.15, 0.2) is 24.3 Å². The number of hydrogen-bond donors (Lipinski definition) is 0. The topological polar surface area (TPSA) is 26.3 Å². The standard InChI is InChI=1S/C19H26O2/c1-21-18-8-4-5-14(11-18)12-19(20)17-10-9-15-6-2-3-7-16(15)13-17/h4-5,8,11,15-17H,2-3,6-7,9-10,12-13H2,1H3. The van der Waals surface area contributed by atoms with Crippen LogP contribution in [0.25, 0.3) is 0 Å². The highest BCUT2D eigenvalue weighted by atomic mass is 16.5. The monoisotopic (exact) mass is 286 g/mol. The van der Waals surface area contributed by atoms with Gasteiger partial charge in [0.1, 0.15) is 11.5 Å². The van der Waals surface area contributed by atoms with Gasteiger partial charge in [0.25, 0.3) is 0 Å². The van der Waals surface area contributed by atoms with Crippen LogP contribution in [0, 0.1) is 17.8 Å². The second-order valence-corrected chi connectivity index (χ2v) is 6.81. The van der Waals surface area contributed by atoms with E-state index in [4.69, 9.17) is 4.74 Å². The van der Waals surface area contributed by atoms with Crippen LogP contribution in [-0.4, -0.2) is 12.9 Å². The van der Waals surface area contributed by atoms with Crippen molar-refractivity contribution < 1.29 is 9.53 Å². The fraction of sp³-hybridized carbons (Fsp3) is 0.632. The van der Waals surface area contributed by atoms with E-state index in [-0.39, 0.29) is 0 Å². The van der Waals surface area contributed by atoms with Crippen LogP contribution in [0.2, 0.25) is 0 Å². The number of hydrogen-bond acceptors (Lipinski definition) is 2. The molecule has 2 saturated carbocycles. The molecule has 0 aliphatic heterocycles. The number of rotatable bonds is 4. The number of fused-ring (bicyclic) bond motifs is 1. The SMILES string of the molecule is COc1cccc(CC(=O)C2CCC3CCCCC3C2)c1. The summed E-state index contributed by atoms with van der Waals surface area (Å²) in [4.78, 5) is 12.6. The minimum absolute atomic E-state index is 0.301. The Kier molecular flexibility index (Phi) is 4.62. The van der Waals surface area contributed by atoms with Crippen LogP contribution in [-0.2, 0) is 11.2 Å². The van der Waals surface area contributed by atoms with Gasteiger partial charge < -0.3 is 4.74 Å². The molecule has 0 spiro atoms. The molecule has 2 nitrogen and oxygen atoms in total. The van der Waals surface area contributed by atoms with E-state index < -0.39 is 0 Å². The Hall–Kier alpha value is -1.31. The molecule has 2 aliphatic rings. The Labute approximate surface area is 127 Å². The molecule has 0 aromatic heterocycles. The zero-order chi connectivity index (χ0) is 14.7. The van der Waals surface area contributed by atoms with Crippen LogP contribution in [0.3, 0.4) is 0 Å². The van der Waals surface area contributed by atoms with E-state index in [1.165, 1.54) is 32.1 Å². The lowest BCUT2D eigenvalue weighted by molar-refractivity contribution is -0.124. The molecule has 114 valence electrons. The first-order valence-corrected chi connectivity index (χ1v) is 8.42. The third-order valence-corrected chi connectivity index (χ3v) is 5.51. The smallest absolute Gasteiger partial charge is 0.140 e. The zero-order valence-corrected chi connectivity index (χ0v) is 13.0. The van der Waals surface area contributed by atoms with Gasteiger partial charge in [-0.15, -0.1) is 0 Å². The van der Waals surface area contributed by atoms with Crippen molar-refractivity contribution in [1.29, 1.82) is 0 Å². The maximum Gasteiger partial charge on any atom is 0.140 e. The summed E-state index contributed by atoms with van der Waals surface area (Å²) < 4.78 is 5.24. The fourth-order valence-electron chi connectivity index (χ4n) is 4.29. The number of ketones is 1. The number of carbonyl (C=O) groups is 1. The Bertz CT molecular complexity index is 494. The normalized spacial score (nSPS) is 28.7. The predicted molar refractivity (Wildman–Crippen MR) is 84.5 cm³/mol. The molecular weight excluding hydrogens is 260 g/mol. The molecule has 1 aromatic carbocycles. The van der Waals surface area contributed by atoms with Gasteiger partial charge in [-0.3, -0.25) is 4.79 Å². The highest BCUT2D eigenvalue weighted by molar-refractivity contribution is 5.83. The molecule has 1 aromatic rings. The number of ether oxygens (including phenoxy) is 1. The number of carbonyl (C=O) groups excluding carboxylic acids is 1. The Morgan fingerprint density at radius 1 is 1.14 bits per heavy atom. The van der Waals surface area contributed by atoms with Crippen molar-refractivity contribution >= 4 is 5.78 Å². The van der Waals surface area contributed by atoms with Crippen LogP contribution >= 0.6 is 0 Å². The number of methoxy groups -OCH3 is 1. The average Bonchev–Trinajstić information content (AvgIpc) is 2.54. The molecule has 0 N–H and O–H groups in total. The third kappa shape index (κ3) is 3.48. The molecule has 21 heavy (non-hydrogen) atoms. The summed E-state index contributed by atoms with van der Waals surface area (Å²) in [5, 5.41) is 0. The molecule has 2 heteroatoms. The van der Waals surface area contributed by atoms with E-state index in [0.717, 1.165) is 36.0 Å². The minimum atomic E-state index is 0.301. The van der Waals surface area contributed by atoms with Crippen molar-refractivity contribution in [2.75, 3.05) is 7.11 Å². The first-order valence-electron chi connectivity index (χ1n) is 8.42. The quantitative estimate of drug-likeness (QED) is 0.819. The number of Topliss-reactive ketones (excluding diaryl/α,β-unsaturated/α-hetero) is 1. The van der Waals surface area contributed by atoms with Crippen LogP contribution in [0.5, 0.6) is 5.75 Å². The van der Waals surface area contributed by atoms with Crippen LogP contribution < -0.4 is 4.74 Å². The summed E-state index contributed by atoms with van der Waals surface area (Å²) in [6, 6.07) is 7.93. The lowest BCUT2D eigenvalue weighted by atomic mass is 9.66. The molecule has 0 radical (unpaired) electrons.